The summed E-state index contributed by atoms with van der Waals surface area (Å²) in [5.74, 6) is 0.575. The molecule has 1 fully saturated rings. The summed E-state index contributed by atoms with van der Waals surface area (Å²) in [7, 11) is 1.18. The monoisotopic (exact) mass is 300 g/mol. The van der Waals surface area contributed by atoms with E-state index in [1.54, 1.807) is 7.11 Å². The van der Waals surface area contributed by atoms with Gasteiger partial charge in [0.2, 0.25) is 5.88 Å². The Labute approximate surface area is 131 Å². The molecule has 2 aliphatic rings. The molecule has 0 aromatic carbocycles. The maximum Gasteiger partial charge on any atom is 0.513 e. The Bertz CT molecular complexity index is 552. The summed E-state index contributed by atoms with van der Waals surface area (Å²) in [6.07, 6.45) is 8.93. The lowest BCUT2D eigenvalue weighted by Gasteiger charge is -2.30. The van der Waals surface area contributed by atoms with E-state index in [1.165, 1.54) is 5.70 Å². The molecule has 0 amide bonds. The number of rotatable bonds is 3. The molecule has 6 heteroatoms. The van der Waals surface area contributed by atoms with Gasteiger partial charge < -0.3 is 18.9 Å². The molecule has 5 nitrogen and oxygen atoms in total. The standard InChI is InChI=1S/C16H21BN2O3/c1-20-16-9-5-8-15(18-16)17-21-12-10-19(11-13-22-17)14-6-3-2-4-7-14/h3,5-9H,2,4,10-13H2,1H3. The van der Waals surface area contributed by atoms with E-state index in [0.29, 0.717) is 19.1 Å². The van der Waals surface area contributed by atoms with Crippen LogP contribution in [0.4, 0.5) is 0 Å². The number of aromatic nitrogens is 1. The predicted molar refractivity (Wildman–Crippen MR) is 86.1 cm³/mol. The minimum atomic E-state index is -0.423. The number of ether oxygens (including phenoxy) is 1. The quantitative estimate of drug-likeness (QED) is 0.789. The Kier molecular flexibility index (Phi) is 5.13. The van der Waals surface area contributed by atoms with Gasteiger partial charge in [-0.3, -0.25) is 0 Å². The van der Waals surface area contributed by atoms with Crippen LogP contribution in [-0.2, 0) is 9.31 Å². The summed E-state index contributed by atoms with van der Waals surface area (Å²) >= 11 is 0. The van der Waals surface area contributed by atoms with Gasteiger partial charge in [0.25, 0.3) is 0 Å². The lowest BCUT2D eigenvalue weighted by Crippen LogP contribution is -2.45. The minimum absolute atomic E-state index is 0.423. The van der Waals surface area contributed by atoms with Crippen LogP contribution in [0.1, 0.15) is 12.8 Å². The SMILES string of the molecule is COc1cccc(B2OCCN(C3=CCCC=C3)CCO2)n1. The molecule has 0 bridgehead atoms. The summed E-state index contributed by atoms with van der Waals surface area (Å²) in [6.45, 7) is 2.93. The van der Waals surface area contributed by atoms with Crippen LogP contribution in [-0.4, -0.2) is 50.4 Å². The zero-order valence-electron chi connectivity index (χ0n) is 12.9. The van der Waals surface area contributed by atoms with Crippen molar-refractivity contribution in [2.75, 3.05) is 33.4 Å². The first-order valence-electron chi connectivity index (χ1n) is 7.72. The van der Waals surface area contributed by atoms with Gasteiger partial charge in [-0.2, -0.15) is 0 Å². The highest BCUT2D eigenvalue weighted by Crippen LogP contribution is 2.15. The van der Waals surface area contributed by atoms with E-state index in [4.69, 9.17) is 14.0 Å². The van der Waals surface area contributed by atoms with Crippen LogP contribution in [0.2, 0.25) is 0 Å². The molecule has 1 saturated heterocycles. The third kappa shape index (κ3) is 3.70. The molecule has 0 atom stereocenters. The summed E-state index contributed by atoms with van der Waals surface area (Å²) in [4.78, 5) is 6.70. The first kappa shape index (κ1) is 15.1. The van der Waals surface area contributed by atoms with Crippen LogP contribution in [0.5, 0.6) is 5.88 Å². The highest BCUT2D eigenvalue weighted by molar-refractivity contribution is 6.60. The lowest BCUT2D eigenvalue weighted by atomic mass is 9.83. The van der Waals surface area contributed by atoms with Crippen molar-refractivity contribution in [3.05, 3.63) is 42.1 Å². The van der Waals surface area contributed by atoms with Crippen molar-refractivity contribution in [3.8, 4) is 5.88 Å². The summed E-state index contributed by atoms with van der Waals surface area (Å²) in [5, 5.41) is 0. The Hall–Kier alpha value is -1.79. The van der Waals surface area contributed by atoms with Gasteiger partial charge in [-0.15, -0.1) is 0 Å². The molecule has 0 radical (unpaired) electrons. The average molecular weight is 300 g/mol. The van der Waals surface area contributed by atoms with Gasteiger partial charge in [0.1, 0.15) is 0 Å². The molecule has 116 valence electrons. The van der Waals surface area contributed by atoms with Crippen molar-refractivity contribution in [1.29, 1.82) is 0 Å². The number of allylic oxidation sites excluding steroid dienone is 3. The number of methoxy groups -OCH3 is 1. The van der Waals surface area contributed by atoms with Crippen LogP contribution in [0.3, 0.4) is 0 Å². The molecule has 1 aromatic rings. The molecule has 0 N–H and O–H groups in total. The zero-order chi connectivity index (χ0) is 15.2. The van der Waals surface area contributed by atoms with Crippen LogP contribution in [0.15, 0.2) is 42.1 Å². The Morgan fingerprint density at radius 1 is 1.18 bits per heavy atom. The first-order valence-corrected chi connectivity index (χ1v) is 7.72. The smallest absolute Gasteiger partial charge is 0.481 e. The van der Waals surface area contributed by atoms with Crippen molar-refractivity contribution in [3.63, 3.8) is 0 Å². The second-order valence-corrected chi connectivity index (χ2v) is 5.27. The van der Waals surface area contributed by atoms with Crippen molar-refractivity contribution in [2.45, 2.75) is 12.8 Å². The molecular formula is C16H21BN2O3. The number of hydrogen-bond acceptors (Lipinski definition) is 5. The molecular weight excluding hydrogens is 279 g/mol. The molecule has 2 heterocycles. The van der Waals surface area contributed by atoms with E-state index < -0.39 is 7.12 Å². The van der Waals surface area contributed by atoms with Crippen LogP contribution in [0.25, 0.3) is 0 Å². The predicted octanol–water partition coefficient (Wildman–Crippen LogP) is 1.37. The summed E-state index contributed by atoms with van der Waals surface area (Å²) < 4.78 is 16.9. The largest absolute Gasteiger partial charge is 0.513 e. The molecule has 1 aliphatic heterocycles. The maximum atomic E-state index is 5.86. The molecule has 22 heavy (non-hydrogen) atoms. The van der Waals surface area contributed by atoms with Crippen molar-refractivity contribution in [2.24, 2.45) is 0 Å². The van der Waals surface area contributed by atoms with Crippen LogP contribution < -0.4 is 10.3 Å². The van der Waals surface area contributed by atoms with E-state index >= 15 is 0 Å². The second-order valence-electron chi connectivity index (χ2n) is 5.27. The van der Waals surface area contributed by atoms with E-state index in [9.17, 15) is 0 Å². The third-order valence-electron chi connectivity index (χ3n) is 3.80. The van der Waals surface area contributed by atoms with Gasteiger partial charge in [0.05, 0.1) is 12.7 Å². The van der Waals surface area contributed by atoms with Crippen molar-refractivity contribution in [1.82, 2.24) is 9.88 Å². The number of hydrogen-bond donors (Lipinski definition) is 0. The Morgan fingerprint density at radius 3 is 2.68 bits per heavy atom. The van der Waals surface area contributed by atoms with Crippen LogP contribution >= 0.6 is 0 Å². The van der Waals surface area contributed by atoms with Gasteiger partial charge >= 0.3 is 7.12 Å². The minimum Gasteiger partial charge on any atom is -0.481 e. The highest BCUT2D eigenvalue weighted by Gasteiger charge is 2.26. The van der Waals surface area contributed by atoms with E-state index in [0.717, 1.165) is 31.5 Å². The van der Waals surface area contributed by atoms with Crippen LogP contribution in [0, 0.1) is 0 Å². The van der Waals surface area contributed by atoms with Crippen molar-refractivity contribution < 1.29 is 14.0 Å². The van der Waals surface area contributed by atoms with E-state index in [1.807, 2.05) is 18.2 Å². The number of nitrogens with zero attached hydrogens (tertiary/aromatic N) is 2. The molecule has 3 rings (SSSR count). The third-order valence-corrected chi connectivity index (χ3v) is 3.80. The Balaban J connectivity index is 1.61. The fraction of sp³-hybridized carbons (Fsp3) is 0.438. The summed E-state index contributed by atoms with van der Waals surface area (Å²) in [5.41, 5.74) is 2.03. The zero-order valence-corrected chi connectivity index (χ0v) is 12.9. The van der Waals surface area contributed by atoms with Gasteiger partial charge in [-0.05, 0) is 25.0 Å². The summed E-state index contributed by atoms with van der Waals surface area (Å²) in [6, 6.07) is 5.62. The van der Waals surface area contributed by atoms with Gasteiger partial charge in [-0.1, -0.05) is 18.2 Å². The fourth-order valence-electron chi connectivity index (χ4n) is 2.64. The molecule has 1 aromatic heterocycles. The molecule has 0 saturated carbocycles. The van der Waals surface area contributed by atoms with Gasteiger partial charge in [0, 0.05) is 38.1 Å². The van der Waals surface area contributed by atoms with Gasteiger partial charge in [-0.25, -0.2) is 4.98 Å². The second kappa shape index (κ2) is 7.47. The fourth-order valence-corrected chi connectivity index (χ4v) is 2.64. The van der Waals surface area contributed by atoms with Gasteiger partial charge in [0.15, 0.2) is 0 Å². The van der Waals surface area contributed by atoms with E-state index in [2.05, 4.69) is 28.1 Å². The molecule has 0 unspecified atom stereocenters. The molecule has 1 aliphatic carbocycles. The molecule has 0 spiro atoms. The normalized spacial score (nSPS) is 19.4. The van der Waals surface area contributed by atoms with Crippen molar-refractivity contribution >= 4 is 12.7 Å². The number of pyridine rings is 1. The Morgan fingerprint density at radius 2 is 2.00 bits per heavy atom. The highest BCUT2D eigenvalue weighted by atomic mass is 16.6. The topological polar surface area (TPSA) is 43.8 Å². The lowest BCUT2D eigenvalue weighted by molar-refractivity contribution is 0.136. The average Bonchev–Trinajstić information content (AvgIpc) is 2.56. The first-order chi connectivity index (χ1) is 10.9. The van der Waals surface area contributed by atoms with E-state index in [-0.39, 0.29) is 0 Å². The maximum absolute atomic E-state index is 5.86.